The fourth-order valence-electron chi connectivity index (χ4n) is 4.16. The lowest BCUT2D eigenvalue weighted by molar-refractivity contribution is -0.870. The van der Waals surface area contributed by atoms with Crippen LogP contribution in [-0.2, 0) is 32.7 Å². The van der Waals surface area contributed by atoms with E-state index in [1.54, 1.807) is 0 Å². The molecule has 0 aromatic heterocycles. The lowest BCUT2D eigenvalue weighted by atomic mass is 10.0. The molecule has 0 spiro atoms. The second kappa shape index (κ2) is 24.7. The van der Waals surface area contributed by atoms with Gasteiger partial charge in [-0.15, -0.1) is 0 Å². The molecule has 0 bridgehead atoms. The van der Waals surface area contributed by atoms with Crippen molar-refractivity contribution in [3.05, 3.63) is 0 Å². The smallest absolute Gasteiger partial charge is 0.457 e. The molecular formula is C30H61NO8P+. The highest BCUT2D eigenvalue weighted by atomic mass is 31.2. The highest BCUT2D eigenvalue weighted by Gasteiger charge is 2.26. The molecule has 0 saturated heterocycles. The van der Waals surface area contributed by atoms with Crippen molar-refractivity contribution >= 4 is 19.6 Å². The standard InChI is InChI=1S/C30H60NO8P/c1-6-7-8-9-10-11-12-13-14-15-16-17-18-19-20-21-23-36-26-29(39-30(33)25-28(2)32)27-38-40(34,35)37-24-22-31(3,4)5/h29H,6-27H2,1-5H3/p+1/t29-/m0/s1. The summed E-state index contributed by atoms with van der Waals surface area (Å²) in [5.41, 5.74) is 0. The maximum absolute atomic E-state index is 12.2. The Morgan fingerprint density at radius 2 is 1.20 bits per heavy atom. The molecule has 0 aromatic carbocycles. The van der Waals surface area contributed by atoms with E-state index >= 15 is 0 Å². The van der Waals surface area contributed by atoms with Crippen LogP contribution in [0.3, 0.4) is 0 Å². The fourth-order valence-corrected chi connectivity index (χ4v) is 4.90. The zero-order valence-corrected chi connectivity index (χ0v) is 27.2. The summed E-state index contributed by atoms with van der Waals surface area (Å²) < 4.78 is 33.7. The first-order valence-electron chi connectivity index (χ1n) is 15.6. The summed E-state index contributed by atoms with van der Waals surface area (Å²) in [7, 11) is 1.51. The number of quaternary nitrogens is 1. The van der Waals surface area contributed by atoms with Crippen molar-refractivity contribution in [1.82, 2.24) is 0 Å². The maximum atomic E-state index is 12.2. The number of likely N-dealkylation sites (N-methyl/N-ethyl adjacent to an activating group) is 1. The molecule has 0 rings (SSSR count). The van der Waals surface area contributed by atoms with Gasteiger partial charge in [-0.05, 0) is 13.3 Å². The van der Waals surface area contributed by atoms with Crippen LogP contribution in [0.25, 0.3) is 0 Å². The Hall–Kier alpha value is -0.830. The average Bonchev–Trinajstić information content (AvgIpc) is 2.85. The van der Waals surface area contributed by atoms with Crippen LogP contribution in [0.5, 0.6) is 0 Å². The molecule has 0 aliphatic carbocycles. The minimum absolute atomic E-state index is 0.0151. The van der Waals surface area contributed by atoms with Crippen molar-refractivity contribution < 1.29 is 42.1 Å². The van der Waals surface area contributed by atoms with Crippen LogP contribution in [0.15, 0.2) is 0 Å². The van der Waals surface area contributed by atoms with Gasteiger partial charge in [0.25, 0.3) is 0 Å². The first-order valence-corrected chi connectivity index (χ1v) is 17.1. The summed E-state index contributed by atoms with van der Waals surface area (Å²) in [4.78, 5) is 33.1. The van der Waals surface area contributed by atoms with E-state index < -0.39 is 19.9 Å². The summed E-state index contributed by atoms with van der Waals surface area (Å²) in [6, 6.07) is 0. The Morgan fingerprint density at radius 1 is 0.725 bits per heavy atom. The van der Waals surface area contributed by atoms with Crippen molar-refractivity contribution in [3.63, 3.8) is 0 Å². The zero-order chi connectivity index (χ0) is 30.1. The quantitative estimate of drug-likeness (QED) is 0.0324. The average molecular weight is 595 g/mol. The van der Waals surface area contributed by atoms with Gasteiger partial charge in [-0.1, -0.05) is 103 Å². The van der Waals surface area contributed by atoms with E-state index in [9.17, 15) is 19.0 Å². The van der Waals surface area contributed by atoms with Crippen molar-refractivity contribution in [1.29, 1.82) is 0 Å². The molecule has 40 heavy (non-hydrogen) atoms. The number of phosphoric ester groups is 1. The molecule has 9 nitrogen and oxygen atoms in total. The highest BCUT2D eigenvalue weighted by Crippen LogP contribution is 2.43. The summed E-state index contributed by atoms with van der Waals surface area (Å²) in [6.45, 7) is 4.27. The molecule has 0 saturated carbocycles. The number of hydrogen-bond donors (Lipinski definition) is 1. The summed E-state index contributed by atoms with van der Waals surface area (Å²) >= 11 is 0. The third-order valence-electron chi connectivity index (χ3n) is 6.58. The first-order chi connectivity index (χ1) is 18.9. The number of hydrogen-bond acceptors (Lipinski definition) is 7. The molecule has 0 aliphatic heterocycles. The molecule has 2 atom stereocenters. The Kier molecular flexibility index (Phi) is 24.2. The van der Waals surface area contributed by atoms with E-state index in [0.29, 0.717) is 17.6 Å². The number of ether oxygens (including phenoxy) is 2. The van der Waals surface area contributed by atoms with Gasteiger partial charge in [0.05, 0.1) is 34.4 Å². The Morgan fingerprint density at radius 3 is 1.65 bits per heavy atom. The Bertz CT molecular complexity index is 683. The number of carbonyl (C=O) groups excluding carboxylic acids is 2. The van der Waals surface area contributed by atoms with E-state index in [0.717, 1.165) is 12.8 Å². The second-order valence-electron chi connectivity index (χ2n) is 12.0. The number of carbonyl (C=O) groups is 2. The SMILES string of the molecule is CCCCCCCCCCCCCCCCCCOC[C@@H](COP(=O)(O)OCC[N+](C)(C)C)OC(=O)CC(C)=O. The molecular weight excluding hydrogens is 533 g/mol. The lowest BCUT2D eigenvalue weighted by Gasteiger charge is -2.24. The van der Waals surface area contributed by atoms with Crippen LogP contribution >= 0.6 is 7.82 Å². The molecule has 0 aliphatic rings. The van der Waals surface area contributed by atoms with Crippen molar-refractivity contribution in [3.8, 4) is 0 Å². The Labute approximate surface area is 244 Å². The number of phosphoric acid groups is 1. The second-order valence-corrected chi connectivity index (χ2v) is 13.4. The number of esters is 1. The van der Waals surface area contributed by atoms with Gasteiger partial charge in [0.1, 0.15) is 31.5 Å². The predicted molar refractivity (Wildman–Crippen MR) is 160 cm³/mol. The summed E-state index contributed by atoms with van der Waals surface area (Å²) in [5.74, 6) is -1.04. The zero-order valence-electron chi connectivity index (χ0n) is 26.3. The third kappa shape index (κ3) is 28.7. The van der Waals surface area contributed by atoms with Gasteiger partial charge in [-0.2, -0.15) is 0 Å². The molecule has 1 N–H and O–H groups in total. The van der Waals surface area contributed by atoms with E-state index in [-0.39, 0.29) is 32.0 Å². The molecule has 0 fully saturated rings. The molecule has 0 heterocycles. The van der Waals surface area contributed by atoms with Crippen LogP contribution in [0.1, 0.15) is 123 Å². The van der Waals surface area contributed by atoms with Crippen LogP contribution in [-0.4, -0.2) is 81.3 Å². The molecule has 0 radical (unpaired) electrons. The third-order valence-corrected chi connectivity index (χ3v) is 7.56. The normalized spacial score (nSPS) is 14.2. The van der Waals surface area contributed by atoms with Crippen molar-refractivity contribution in [2.45, 2.75) is 129 Å². The monoisotopic (exact) mass is 594 g/mol. The molecule has 238 valence electrons. The van der Waals surface area contributed by atoms with Gasteiger partial charge < -0.3 is 18.9 Å². The van der Waals surface area contributed by atoms with Crippen molar-refractivity contribution in [2.75, 3.05) is 54.1 Å². The fraction of sp³-hybridized carbons (Fsp3) is 0.933. The van der Waals surface area contributed by atoms with Gasteiger partial charge in [-0.25, -0.2) is 4.57 Å². The first kappa shape index (κ1) is 39.2. The number of ketones is 1. The van der Waals surface area contributed by atoms with Gasteiger partial charge >= 0.3 is 13.8 Å². The van der Waals surface area contributed by atoms with Gasteiger partial charge in [0, 0.05) is 6.61 Å². The van der Waals surface area contributed by atoms with E-state index in [1.807, 2.05) is 21.1 Å². The van der Waals surface area contributed by atoms with Gasteiger partial charge in [0.15, 0.2) is 0 Å². The van der Waals surface area contributed by atoms with E-state index in [2.05, 4.69) is 6.92 Å². The number of nitrogens with zero attached hydrogens (tertiary/aromatic N) is 1. The molecule has 0 aromatic rings. The van der Waals surface area contributed by atoms with E-state index in [4.69, 9.17) is 18.5 Å². The molecule has 0 amide bonds. The number of unbranched alkanes of at least 4 members (excludes halogenated alkanes) is 15. The van der Waals surface area contributed by atoms with Crippen LogP contribution in [0.4, 0.5) is 0 Å². The minimum atomic E-state index is -4.31. The van der Waals surface area contributed by atoms with Gasteiger partial charge in [0.2, 0.25) is 0 Å². The van der Waals surface area contributed by atoms with Crippen LogP contribution in [0, 0.1) is 0 Å². The number of rotatable bonds is 29. The predicted octanol–water partition coefficient (Wildman–Crippen LogP) is 7.00. The largest absolute Gasteiger partial charge is 0.472 e. The Balaban J connectivity index is 3.98. The molecule has 10 heteroatoms. The van der Waals surface area contributed by atoms with E-state index in [1.165, 1.54) is 96.8 Å². The molecule has 1 unspecified atom stereocenters. The summed E-state index contributed by atoms with van der Waals surface area (Å²) in [6.07, 6.45) is 19.4. The summed E-state index contributed by atoms with van der Waals surface area (Å²) in [5, 5.41) is 0. The van der Waals surface area contributed by atoms with Crippen LogP contribution < -0.4 is 0 Å². The minimum Gasteiger partial charge on any atom is -0.457 e. The van der Waals surface area contributed by atoms with Crippen molar-refractivity contribution in [2.24, 2.45) is 0 Å². The van der Waals surface area contributed by atoms with Gasteiger partial charge in [-0.3, -0.25) is 18.6 Å². The lowest BCUT2D eigenvalue weighted by Crippen LogP contribution is -2.37. The maximum Gasteiger partial charge on any atom is 0.472 e. The topological polar surface area (TPSA) is 108 Å². The number of Topliss-reactive ketones (excluding diaryl/α,β-unsaturated/α-hetero) is 1. The van der Waals surface area contributed by atoms with Crippen LogP contribution in [0.2, 0.25) is 0 Å². The highest BCUT2D eigenvalue weighted by molar-refractivity contribution is 7.47.